The molecule has 2 aromatic heterocycles. The molecule has 0 unspecified atom stereocenters. The number of amidine groups is 2. The Labute approximate surface area is 312 Å². The number of fused-ring (bicyclic) bond motifs is 3. The third-order valence-electron chi connectivity index (χ3n) is 8.39. The second-order valence-electron chi connectivity index (χ2n) is 11.9. The van der Waals surface area contributed by atoms with Gasteiger partial charge >= 0.3 is 5.97 Å². The van der Waals surface area contributed by atoms with Crippen LogP contribution in [0.5, 0.6) is 17.2 Å². The van der Waals surface area contributed by atoms with Gasteiger partial charge in [-0.3, -0.25) is 34.3 Å². The van der Waals surface area contributed by atoms with Crippen molar-refractivity contribution in [1.82, 2.24) is 20.2 Å². The molecule has 0 bridgehead atoms. The number of carbonyl (C=O) groups is 3. The molecular weight excluding hydrogens is 692 g/mol. The zero-order valence-corrected chi connectivity index (χ0v) is 30.7. The van der Waals surface area contributed by atoms with E-state index < -0.39 is 5.97 Å². The molecule has 15 nitrogen and oxygen atoms in total. The van der Waals surface area contributed by atoms with E-state index in [-0.39, 0.29) is 18.0 Å². The van der Waals surface area contributed by atoms with Crippen molar-refractivity contribution in [3.8, 4) is 17.2 Å². The van der Waals surface area contributed by atoms with E-state index in [1.165, 1.54) is 13.3 Å². The fourth-order valence-electron chi connectivity index (χ4n) is 5.66. The Morgan fingerprint density at radius 3 is 2.13 bits per heavy atom. The second kappa shape index (κ2) is 18.1. The lowest BCUT2D eigenvalue weighted by Crippen LogP contribution is -2.36. The number of nitrogen functional groups attached to an aromatic ring is 1. The number of rotatable bonds is 9. The molecule has 0 saturated carbocycles. The van der Waals surface area contributed by atoms with Gasteiger partial charge in [-0.25, -0.2) is 0 Å². The average molecular weight is 735 g/mol. The van der Waals surface area contributed by atoms with Crippen LogP contribution in [0.15, 0.2) is 95.2 Å². The van der Waals surface area contributed by atoms with Crippen molar-refractivity contribution in [1.29, 1.82) is 0 Å². The molecule has 3 aliphatic heterocycles. The molecule has 5 heterocycles. The van der Waals surface area contributed by atoms with Gasteiger partial charge < -0.3 is 40.2 Å². The standard InChI is InChI=1S/C19H18N4O2.C11H15N3O2.C9H9NO3/c1-12-8-15-14(9-17(12)25-2)19-21-6-7-23(19)18(22-15)10-16(24)13-4-3-5-20-11-13;1-15-9-5-7(11-13-3-4-14-11)8(12)6-10(9)16-2;1-13-9(12)5-8(11)7-3-2-4-10-6-7/h3-5,8-11,22H,6-7H2,1-2H3;5-6H,3-4,12H2,1-2H3,(H,13,14);2-4,6H,5H2,1H3. The first-order valence-electron chi connectivity index (χ1n) is 16.9. The summed E-state index contributed by atoms with van der Waals surface area (Å²) < 4.78 is 20.2. The van der Waals surface area contributed by atoms with Crippen LogP contribution in [0.3, 0.4) is 0 Å². The largest absolute Gasteiger partial charge is 0.496 e. The number of methoxy groups -OCH3 is 4. The first kappa shape index (κ1) is 38.5. The van der Waals surface area contributed by atoms with Gasteiger partial charge in [0.1, 0.15) is 29.7 Å². The van der Waals surface area contributed by atoms with Crippen LogP contribution in [-0.4, -0.2) is 98.7 Å². The molecular formula is C39H42N8O7. The maximum absolute atomic E-state index is 12.5. The summed E-state index contributed by atoms with van der Waals surface area (Å²) in [5, 5.41) is 6.55. The number of esters is 1. The maximum atomic E-state index is 12.5. The second-order valence-corrected chi connectivity index (χ2v) is 11.9. The maximum Gasteiger partial charge on any atom is 0.313 e. The van der Waals surface area contributed by atoms with Gasteiger partial charge in [-0.1, -0.05) is 0 Å². The highest BCUT2D eigenvalue weighted by Gasteiger charge is 2.30. The van der Waals surface area contributed by atoms with Crippen LogP contribution in [0.25, 0.3) is 0 Å². The molecule has 0 fully saturated rings. The van der Waals surface area contributed by atoms with Crippen LogP contribution in [0, 0.1) is 6.92 Å². The van der Waals surface area contributed by atoms with Gasteiger partial charge in [0.2, 0.25) is 0 Å². The summed E-state index contributed by atoms with van der Waals surface area (Å²) in [7, 11) is 6.10. The molecule has 280 valence electrons. The summed E-state index contributed by atoms with van der Waals surface area (Å²) in [5.74, 6) is 3.64. The number of hydrogen-bond acceptors (Lipinski definition) is 15. The first-order chi connectivity index (χ1) is 26.2. The predicted octanol–water partition coefficient (Wildman–Crippen LogP) is 4.07. The van der Waals surface area contributed by atoms with Gasteiger partial charge in [0.25, 0.3) is 0 Å². The van der Waals surface area contributed by atoms with Crippen LogP contribution < -0.4 is 30.6 Å². The van der Waals surface area contributed by atoms with Crippen molar-refractivity contribution in [3.63, 3.8) is 0 Å². The highest BCUT2D eigenvalue weighted by Crippen LogP contribution is 2.35. The minimum absolute atomic E-state index is 0.0875. The monoisotopic (exact) mass is 734 g/mol. The molecule has 4 aromatic rings. The fourth-order valence-corrected chi connectivity index (χ4v) is 5.66. The Balaban J connectivity index is 0.000000167. The SMILES string of the molecule is COC(=O)CC(=O)c1cccnc1.COc1cc(N)c(C2=NCCN2)cc1OC.COc1cc2c(cc1C)NC(=CC(=O)c1cccnc1)N1CCN=C21. The molecule has 0 amide bonds. The number of pyridine rings is 2. The zero-order chi connectivity index (χ0) is 38.6. The predicted molar refractivity (Wildman–Crippen MR) is 205 cm³/mol. The lowest BCUT2D eigenvalue weighted by Gasteiger charge is -2.32. The van der Waals surface area contributed by atoms with Gasteiger partial charge in [-0.05, 0) is 55.0 Å². The normalized spacial score (nSPS) is 14.2. The Morgan fingerprint density at radius 2 is 1.52 bits per heavy atom. The smallest absolute Gasteiger partial charge is 0.313 e. The van der Waals surface area contributed by atoms with E-state index >= 15 is 0 Å². The lowest BCUT2D eigenvalue weighted by molar-refractivity contribution is -0.139. The summed E-state index contributed by atoms with van der Waals surface area (Å²) in [4.78, 5) is 53.3. The van der Waals surface area contributed by atoms with Crippen molar-refractivity contribution in [3.05, 3.63) is 113 Å². The Morgan fingerprint density at radius 1 is 0.852 bits per heavy atom. The number of aromatic nitrogens is 2. The number of Topliss-reactive ketones (excluding diaryl/α,β-unsaturated/α-hetero) is 1. The number of ketones is 2. The average Bonchev–Trinajstić information content (AvgIpc) is 3.93. The van der Waals surface area contributed by atoms with Crippen LogP contribution in [0.2, 0.25) is 0 Å². The lowest BCUT2D eigenvalue weighted by atomic mass is 10.0. The molecule has 3 aliphatic rings. The molecule has 0 radical (unpaired) electrons. The van der Waals surface area contributed by atoms with E-state index in [1.807, 2.05) is 30.0 Å². The molecule has 7 rings (SSSR count). The van der Waals surface area contributed by atoms with Gasteiger partial charge in [-0.2, -0.15) is 0 Å². The number of nitrogens with zero attached hydrogens (tertiary/aromatic N) is 5. The van der Waals surface area contributed by atoms with Crippen molar-refractivity contribution >= 4 is 40.6 Å². The third-order valence-corrected chi connectivity index (χ3v) is 8.39. The van der Waals surface area contributed by atoms with E-state index in [9.17, 15) is 14.4 Å². The van der Waals surface area contributed by atoms with Crippen molar-refractivity contribution in [2.75, 3.05) is 65.7 Å². The molecule has 0 saturated heterocycles. The number of benzene rings is 2. The van der Waals surface area contributed by atoms with E-state index in [0.29, 0.717) is 34.9 Å². The Hall–Kier alpha value is -6.77. The number of anilines is 2. The number of aliphatic imine (C=N–C) groups is 2. The summed E-state index contributed by atoms with van der Waals surface area (Å²) >= 11 is 0. The fraction of sp³-hybridized carbons (Fsp3) is 0.256. The number of nitrogens with two attached hydrogens (primary N) is 1. The van der Waals surface area contributed by atoms with Crippen LogP contribution in [-0.2, 0) is 9.53 Å². The molecule has 0 spiro atoms. The Bertz CT molecular complexity index is 2090. The number of hydrogen-bond donors (Lipinski definition) is 3. The molecule has 4 N–H and O–H groups in total. The van der Waals surface area contributed by atoms with Crippen LogP contribution >= 0.6 is 0 Å². The van der Waals surface area contributed by atoms with E-state index in [0.717, 1.165) is 65.3 Å². The minimum atomic E-state index is -0.533. The topological polar surface area (TPSA) is 192 Å². The molecule has 15 heteroatoms. The van der Waals surface area contributed by atoms with Gasteiger partial charge in [0.05, 0.1) is 47.2 Å². The summed E-state index contributed by atoms with van der Waals surface area (Å²) in [6, 6.07) is 14.4. The van der Waals surface area contributed by atoms with Gasteiger partial charge in [0, 0.05) is 78.0 Å². The molecule has 54 heavy (non-hydrogen) atoms. The van der Waals surface area contributed by atoms with E-state index in [2.05, 4.69) is 35.3 Å². The third kappa shape index (κ3) is 9.17. The highest BCUT2D eigenvalue weighted by molar-refractivity contribution is 6.11. The molecule has 0 atom stereocenters. The van der Waals surface area contributed by atoms with Crippen molar-refractivity contribution < 1.29 is 33.3 Å². The first-order valence-corrected chi connectivity index (χ1v) is 16.9. The number of nitrogens with one attached hydrogen (secondary N) is 2. The molecule has 2 aromatic carbocycles. The quantitative estimate of drug-likeness (QED) is 0.0734. The molecule has 0 aliphatic carbocycles. The zero-order valence-electron chi connectivity index (χ0n) is 30.7. The van der Waals surface area contributed by atoms with Crippen molar-refractivity contribution in [2.24, 2.45) is 9.98 Å². The number of carbonyl (C=O) groups excluding carboxylic acids is 3. The minimum Gasteiger partial charge on any atom is -0.496 e. The van der Waals surface area contributed by atoms with Gasteiger partial charge in [-0.15, -0.1) is 0 Å². The van der Waals surface area contributed by atoms with Crippen molar-refractivity contribution in [2.45, 2.75) is 13.3 Å². The van der Waals surface area contributed by atoms with Crippen LogP contribution in [0.4, 0.5) is 11.4 Å². The number of ether oxygens (including phenoxy) is 4. The van der Waals surface area contributed by atoms with E-state index in [1.54, 1.807) is 76.3 Å². The van der Waals surface area contributed by atoms with Gasteiger partial charge in [0.15, 0.2) is 23.1 Å². The summed E-state index contributed by atoms with van der Waals surface area (Å²) in [6.45, 7) is 5.06. The van der Waals surface area contributed by atoms with Crippen LogP contribution in [0.1, 0.15) is 43.8 Å². The number of aryl methyl sites for hydroxylation is 1. The summed E-state index contributed by atoms with van der Waals surface area (Å²) in [5.41, 5.74) is 11.4. The highest BCUT2D eigenvalue weighted by atomic mass is 16.5. The van der Waals surface area contributed by atoms with E-state index in [4.69, 9.17) is 19.9 Å². The Kier molecular flexibility index (Phi) is 12.9. The number of allylic oxidation sites excluding steroid dienone is 1. The summed E-state index contributed by atoms with van der Waals surface area (Å²) in [6.07, 6.45) is 7.59.